The molecule has 1 aliphatic rings. The second-order valence-corrected chi connectivity index (χ2v) is 5.98. The van der Waals surface area contributed by atoms with Gasteiger partial charge < -0.3 is 0 Å². The van der Waals surface area contributed by atoms with E-state index in [-0.39, 0.29) is 0 Å². The molecule has 1 aliphatic heterocycles. The standard InChI is InChI=1S/C6H3Br2F6N6/c7-4(5(9,10)11)3(19-2-1-15-17-19)20(8,18-16-4)6(12,13)14/h1-3H/q+2. The number of rotatable bonds is 1. The van der Waals surface area contributed by atoms with Crippen LogP contribution in [-0.2, 0) is 0 Å². The van der Waals surface area contributed by atoms with Crippen molar-refractivity contribution in [3.63, 3.8) is 0 Å². The van der Waals surface area contributed by atoms with E-state index in [2.05, 4.69) is 52.7 Å². The first-order valence-corrected chi connectivity index (χ1v) is 6.15. The molecule has 1 aromatic rings. The highest BCUT2D eigenvalue weighted by molar-refractivity contribution is 9.10. The lowest BCUT2D eigenvalue weighted by molar-refractivity contribution is -0.943. The van der Waals surface area contributed by atoms with Crippen LogP contribution < -0.4 is 5.11 Å². The molecule has 0 spiro atoms. The Morgan fingerprint density at radius 2 is 1.85 bits per heavy atom. The van der Waals surface area contributed by atoms with Crippen molar-refractivity contribution in [3.8, 4) is 0 Å². The zero-order chi connectivity index (χ0) is 15.4. The topological polar surface area (TPSA) is 57.2 Å². The van der Waals surface area contributed by atoms with Crippen molar-refractivity contribution >= 4 is 32.1 Å². The Kier molecular flexibility index (Phi) is 3.41. The van der Waals surface area contributed by atoms with Crippen LogP contribution in [0.3, 0.4) is 0 Å². The van der Waals surface area contributed by atoms with E-state index >= 15 is 0 Å². The summed E-state index contributed by atoms with van der Waals surface area (Å²) in [4.78, 5) is 0. The molecule has 3 unspecified atom stereocenters. The Balaban J connectivity index is 2.63. The Morgan fingerprint density at radius 1 is 1.25 bits per heavy atom. The fraction of sp³-hybridized carbons (Fsp3) is 0.667. The second-order valence-electron chi connectivity index (χ2n) is 3.69. The van der Waals surface area contributed by atoms with Crippen LogP contribution in [0.25, 0.3) is 0 Å². The van der Waals surface area contributed by atoms with Gasteiger partial charge in [-0.1, -0.05) is 5.21 Å². The summed E-state index contributed by atoms with van der Waals surface area (Å²) in [7, 11) is 0. The highest BCUT2D eigenvalue weighted by Crippen LogP contribution is 2.57. The predicted molar refractivity (Wildman–Crippen MR) is 56.6 cm³/mol. The maximum atomic E-state index is 13.1. The van der Waals surface area contributed by atoms with Crippen LogP contribution in [0.1, 0.15) is 6.17 Å². The van der Waals surface area contributed by atoms with Gasteiger partial charge in [-0.25, -0.2) is 0 Å². The van der Waals surface area contributed by atoms with E-state index in [4.69, 9.17) is 0 Å². The molecular weight excluding hydrogens is 430 g/mol. The molecule has 3 atom stereocenters. The molecule has 0 saturated carbocycles. The maximum Gasteiger partial charge on any atom is 0.604 e. The number of hydrogen-bond donors (Lipinski definition) is 0. The lowest BCUT2D eigenvalue weighted by Gasteiger charge is -2.26. The van der Waals surface area contributed by atoms with Crippen LogP contribution in [0, 0.1) is 0 Å². The van der Waals surface area contributed by atoms with Crippen molar-refractivity contribution in [2.45, 2.75) is 23.1 Å². The average Bonchev–Trinajstić information content (AvgIpc) is 2.84. The molecule has 2 heterocycles. The first-order valence-electron chi connectivity index (χ1n) is 4.64. The van der Waals surface area contributed by atoms with Crippen LogP contribution in [-0.4, -0.2) is 35.5 Å². The Hall–Kier alpha value is -0.760. The third-order valence-corrected chi connectivity index (χ3v) is 4.38. The zero-order valence-corrected chi connectivity index (χ0v) is 12.1. The zero-order valence-electron chi connectivity index (χ0n) is 8.94. The van der Waals surface area contributed by atoms with E-state index in [0.717, 1.165) is 12.4 Å². The third-order valence-electron chi connectivity index (χ3n) is 2.43. The molecule has 0 aromatic carbocycles. The minimum Gasteiger partial charge on any atom is -0.187 e. The van der Waals surface area contributed by atoms with Crippen molar-refractivity contribution in [1.82, 2.24) is 20.1 Å². The molecular formula is C6H3Br2F6N6+2. The Bertz CT molecular complexity index is 497. The first kappa shape index (κ1) is 15.6. The van der Waals surface area contributed by atoms with Gasteiger partial charge in [0.25, 0.3) is 26.5 Å². The molecule has 0 fully saturated rings. The van der Waals surface area contributed by atoms with Crippen LogP contribution >= 0.6 is 32.1 Å². The normalized spacial score (nSPS) is 34.7. The fourth-order valence-electron chi connectivity index (χ4n) is 1.53. The van der Waals surface area contributed by atoms with E-state index in [1.54, 1.807) is 0 Å². The Morgan fingerprint density at radius 3 is 2.25 bits per heavy atom. The van der Waals surface area contributed by atoms with Gasteiger partial charge in [-0.3, -0.25) is 0 Å². The van der Waals surface area contributed by atoms with Crippen LogP contribution in [0.2, 0.25) is 0 Å². The quantitative estimate of drug-likeness (QED) is 0.296. The summed E-state index contributed by atoms with van der Waals surface area (Å²) in [6.45, 7) is 0. The molecule has 0 aliphatic carbocycles. The maximum absolute atomic E-state index is 13.1. The monoisotopic (exact) mass is 431 g/mol. The molecule has 0 saturated heterocycles. The molecule has 1 radical (unpaired) electrons. The molecule has 14 heteroatoms. The van der Waals surface area contributed by atoms with Crippen LogP contribution in [0.4, 0.5) is 26.3 Å². The van der Waals surface area contributed by atoms with E-state index in [1.807, 2.05) is 0 Å². The molecule has 1 aromatic heterocycles. The van der Waals surface area contributed by atoms with Gasteiger partial charge in [0, 0.05) is 15.9 Å². The molecule has 20 heavy (non-hydrogen) atoms. The fourth-order valence-corrected chi connectivity index (χ4v) is 2.94. The van der Waals surface area contributed by atoms with Crippen molar-refractivity contribution in [2.75, 3.05) is 0 Å². The smallest absolute Gasteiger partial charge is 0.187 e. The van der Waals surface area contributed by atoms with Gasteiger partial charge in [-0.2, -0.15) is 17.9 Å². The number of quaternary nitrogens is 1. The van der Waals surface area contributed by atoms with Gasteiger partial charge in [0.1, 0.15) is 0 Å². The SMILES string of the molecule is FC(F)(F)C1(Br)[N+]=N[N+](Br)(C(F)(F)F)C1n1ccnn1. The predicted octanol–water partition coefficient (Wildman–Crippen LogP) is 2.79. The summed E-state index contributed by atoms with van der Waals surface area (Å²) in [5.74, 6) is 0. The van der Waals surface area contributed by atoms with Gasteiger partial charge in [-0.05, 0) is 0 Å². The van der Waals surface area contributed by atoms with Crippen molar-refractivity contribution in [1.29, 1.82) is 0 Å². The van der Waals surface area contributed by atoms with E-state index in [9.17, 15) is 26.3 Å². The molecule has 0 N–H and O–H groups in total. The van der Waals surface area contributed by atoms with Gasteiger partial charge in [0.15, 0.2) is 0 Å². The van der Waals surface area contributed by atoms with E-state index in [0.29, 0.717) is 4.68 Å². The average molecular weight is 433 g/mol. The summed E-state index contributed by atoms with van der Waals surface area (Å²) >= 11 is 4.36. The van der Waals surface area contributed by atoms with Crippen LogP contribution in [0.5, 0.6) is 0 Å². The highest BCUT2D eigenvalue weighted by atomic mass is 79.9. The number of halogens is 8. The van der Waals surface area contributed by atoms with Crippen LogP contribution in [0.15, 0.2) is 17.6 Å². The number of nitrogens with zero attached hydrogens (tertiary/aromatic N) is 6. The molecule has 111 valence electrons. The van der Waals surface area contributed by atoms with Gasteiger partial charge in [-0.15, -0.1) is 18.3 Å². The third kappa shape index (κ3) is 2.04. The number of alkyl halides is 7. The summed E-state index contributed by atoms with van der Waals surface area (Å²) in [6, 6.07) is 0. The number of hydrogen-bond acceptors (Lipinski definition) is 4. The van der Waals surface area contributed by atoms with E-state index < -0.39 is 26.7 Å². The van der Waals surface area contributed by atoms with Crippen molar-refractivity contribution in [2.24, 2.45) is 5.22 Å². The van der Waals surface area contributed by atoms with Crippen molar-refractivity contribution < 1.29 is 30.0 Å². The summed E-state index contributed by atoms with van der Waals surface area (Å²) in [5.41, 5.74) is 0. The highest BCUT2D eigenvalue weighted by Gasteiger charge is 2.88. The molecule has 6 nitrogen and oxygen atoms in total. The Labute approximate surface area is 123 Å². The lowest BCUT2D eigenvalue weighted by Crippen LogP contribution is -2.57. The molecule has 0 bridgehead atoms. The summed E-state index contributed by atoms with van der Waals surface area (Å²) < 4.78 is 72.9. The van der Waals surface area contributed by atoms with Gasteiger partial charge in [0.05, 0.1) is 16.0 Å². The van der Waals surface area contributed by atoms with Gasteiger partial charge >= 0.3 is 23.1 Å². The minimum atomic E-state index is -5.19. The summed E-state index contributed by atoms with van der Waals surface area (Å²) in [6.07, 6.45) is -11.0. The minimum absolute atomic E-state index is 0.379. The summed E-state index contributed by atoms with van der Waals surface area (Å²) in [5, 5.41) is 11.8. The van der Waals surface area contributed by atoms with E-state index in [1.165, 1.54) is 0 Å². The lowest BCUT2D eigenvalue weighted by atomic mass is 10.2. The van der Waals surface area contributed by atoms with Crippen molar-refractivity contribution in [3.05, 3.63) is 12.4 Å². The largest absolute Gasteiger partial charge is 0.604 e. The molecule has 0 amide bonds. The number of aromatic nitrogens is 3. The second kappa shape index (κ2) is 4.37. The van der Waals surface area contributed by atoms with Gasteiger partial charge in [0.2, 0.25) is 0 Å². The molecule has 2 rings (SSSR count). The first-order chi connectivity index (χ1) is 8.93.